The van der Waals surface area contributed by atoms with Gasteiger partial charge in [0.1, 0.15) is 5.01 Å². The first kappa shape index (κ1) is 12.8. The molecule has 2 nitrogen and oxygen atoms in total. The molecule has 0 amide bonds. The number of nitrogens with two attached hydrogens (primary N) is 1. The number of benzene rings is 1. The molecule has 0 spiro atoms. The number of aromatic nitrogens is 1. The van der Waals surface area contributed by atoms with Gasteiger partial charge in [-0.25, -0.2) is 4.98 Å². The summed E-state index contributed by atoms with van der Waals surface area (Å²) in [5, 5.41) is 1.08. The molecule has 0 saturated heterocycles. The van der Waals surface area contributed by atoms with Crippen molar-refractivity contribution in [3.05, 3.63) is 50.5 Å². The summed E-state index contributed by atoms with van der Waals surface area (Å²) in [6, 6.07) is 6.28. The van der Waals surface area contributed by atoms with Crippen molar-refractivity contribution in [3.63, 3.8) is 0 Å². The third kappa shape index (κ3) is 2.33. The molecule has 1 heterocycles. The van der Waals surface area contributed by atoms with Gasteiger partial charge in [-0.1, -0.05) is 18.2 Å². The van der Waals surface area contributed by atoms with Crippen LogP contribution in [0.15, 0.2) is 18.2 Å². The second-order valence-electron chi connectivity index (χ2n) is 5.40. The Morgan fingerprint density at radius 3 is 2.79 bits per heavy atom. The zero-order chi connectivity index (χ0) is 13.4. The van der Waals surface area contributed by atoms with Gasteiger partial charge in [0.15, 0.2) is 0 Å². The average molecular weight is 272 g/mol. The van der Waals surface area contributed by atoms with Crippen molar-refractivity contribution in [2.24, 2.45) is 5.73 Å². The molecule has 1 aromatic carbocycles. The van der Waals surface area contributed by atoms with Gasteiger partial charge in [-0.05, 0) is 56.2 Å². The van der Waals surface area contributed by atoms with Crippen LogP contribution in [0, 0.1) is 13.8 Å². The Balaban J connectivity index is 1.97. The normalized spacial score (nSPS) is 16.2. The molecule has 3 heteroatoms. The average Bonchev–Trinajstić information content (AvgIpc) is 2.85. The Bertz CT molecular complexity index is 577. The molecule has 0 aliphatic heterocycles. The van der Waals surface area contributed by atoms with Crippen molar-refractivity contribution < 1.29 is 0 Å². The summed E-state index contributed by atoms with van der Waals surface area (Å²) >= 11 is 1.82. The predicted octanol–water partition coefficient (Wildman–Crippen LogP) is 3.69. The lowest BCUT2D eigenvalue weighted by Crippen LogP contribution is -2.13. The number of fused-ring (bicyclic) bond motifs is 1. The first-order chi connectivity index (χ1) is 9.16. The summed E-state index contributed by atoms with van der Waals surface area (Å²) in [7, 11) is 0. The van der Waals surface area contributed by atoms with Crippen LogP contribution in [-0.2, 0) is 12.8 Å². The molecule has 19 heavy (non-hydrogen) atoms. The van der Waals surface area contributed by atoms with Gasteiger partial charge in [-0.3, -0.25) is 0 Å². The highest BCUT2D eigenvalue weighted by molar-refractivity contribution is 7.11. The molecule has 1 aliphatic rings. The van der Waals surface area contributed by atoms with E-state index in [1.54, 1.807) is 0 Å². The largest absolute Gasteiger partial charge is 0.318 e. The fraction of sp³-hybridized carbons (Fsp3) is 0.438. The van der Waals surface area contributed by atoms with E-state index in [0.717, 1.165) is 11.4 Å². The quantitative estimate of drug-likeness (QED) is 0.905. The second-order valence-corrected chi connectivity index (χ2v) is 6.51. The number of nitrogens with zero attached hydrogens (tertiary/aromatic N) is 1. The summed E-state index contributed by atoms with van der Waals surface area (Å²) in [6.45, 7) is 4.29. The van der Waals surface area contributed by atoms with E-state index in [4.69, 9.17) is 10.7 Å². The molecule has 2 aromatic rings. The number of hydrogen-bond donors (Lipinski definition) is 1. The van der Waals surface area contributed by atoms with Gasteiger partial charge in [-0.15, -0.1) is 11.3 Å². The highest BCUT2D eigenvalue weighted by Crippen LogP contribution is 2.32. The molecule has 100 valence electrons. The predicted molar refractivity (Wildman–Crippen MR) is 80.7 cm³/mol. The molecule has 0 bridgehead atoms. The van der Waals surface area contributed by atoms with Crippen molar-refractivity contribution in [2.45, 2.75) is 45.6 Å². The summed E-state index contributed by atoms with van der Waals surface area (Å²) in [6.07, 6.45) is 4.89. The first-order valence-electron chi connectivity index (χ1n) is 6.97. The van der Waals surface area contributed by atoms with Crippen LogP contribution >= 0.6 is 11.3 Å². The molecule has 1 aliphatic carbocycles. The molecule has 1 unspecified atom stereocenters. The smallest absolute Gasteiger partial charge is 0.114 e. The number of thiazole rings is 1. The zero-order valence-corrected chi connectivity index (χ0v) is 12.4. The van der Waals surface area contributed by atoms with Gasteiger partial charge < -0.3 is 5.73 Å². The maximum absolute atomic E-state index is 6.45. The molecule has 0 saturated carbocycles. The lowest BCUT2D eigenvalue weighted by atomic mass is 9.98. The van der Waals surface area contributed by atoms with Crippen LogP contribution in [0.1, 0.15) is 51.2 Å². The topological polar surface area (TPSA) is 38.9 Å². The minimum atomic E-state index is -0.0736. The van der Waals surface area contributed by atoms with Gasteiger partial charge in [0.05, 0.1) is 11.7 Å². The van der Waals surface area contributed by atoms with E-state index in [1.165, 1.54) is 46.5 Å². The fourth-order valence-electron chi connectivity index (χ4n) is 2.75. The second kappa shape index (κ2) is 5.06. The Morgan fingerprint density at radius 1 is 1.21 bits per heavy atom. The number of rotatable bonds is 2. The van der Waals surface area contributed by atoms with E-state index in [2.05, 4.69) is 32.0 Å². The van der Waals surface area contributed by atoms with E-state index in [1.807, 2.05) is 11.3 Å². The lowest BCUT2D eigenvalue weighted by molar-refractivity contribution is 0.678. The lowest BCUT2D eigenvalue weighted by Gasteiger charge is -2.13. The molecule has 1 aromatic heterocycles. The standard InChI is InChI=1S/C16H20N2S/c1-10-6-5-7-12(11(10)2)15(17)16-18-13-8-3-4-9-14(13)19-16/h5-7,15H,3-4,8-9,17H2,1-2H3. The van der Waals surface area contributed by atoms with Crippen molar-refractivity contribution in [2.75, 3.05) is 0 Å². The van der Waals surface area contributed by atoms with Crippen LogP contribution in [0.5, 0.6) is 0 Å². The van der Waals surface area contributed by atoms with Gasteiger partial charge in [0.2, 0.25) is 0 Å². The van der Waals surface area contributed by atoms with Crippen LogP contribution in [0.2, 0.25) is 0 Å². The molecular formula is C16H20N2S. The van der Waals surface area contributed by atoms with Crippen LogP contribution in [-0.4, -0.2) is 4.98 Å². The fourth-order valence-corrected chi connectivity index (χ4v) is 3.92. The van der Waals surface area contributed by atoms with Crippen LogP contribution < -0.4 is 5.73 Å². The van der Waals surface area contributed by atoms with Crippen molar-refractivity contribution in [1.82, 2.24) is 4.98 Å². The van der Waals surface area contributed by atoms with E-state index in [-0.39, 0.29) is 6.04 Å². The maximum atomic E-state index is 6.45. The number of hydrogen-bond acceptors (Lipinski definition) is 3. The zero-order valence-electron chi connectivity index (χ0n) is 11.6. The summed E-state index contributed by atoms with van der Waals surface area (Å²) in [5.41, 5.74) is 11.6. The first-order valence-corrected chi connectivity index (χ1v) is 7.78. The van der Waals surface area contributed by atoms with Gasteiger partial charge >= 0.3 is 0 Å². The van der Waals surface area contributed by atoms with Crippen molar-refractivity contribution in [3.8, 4) is 0 Å². The van der Waals surface area contributed by atoms with Crippen molar-refractivity contribution in [1.29, 1.82) is 0 Å². The SMILES string of the molecule is Cc1cccc(C(N)c2nc3c(s2)CCCC3)c1C. The number of aryl methyl sites for hydroxylation is 3. The van der Waals surface area contributed by atoms with Gasteiger partial charge in [-0.2, -0.15) is 0 Å². The van der Waals surface area contributed by atoms with E-state index < -0.39 is 0 Å². The van der Waals surface area contributed by atoms with Gasteiger partial charge in [0.25, 0.3) is 0 Å². The Kier molecular flexibility index (Phi) is 3.42. The van der Waals surface area contributed by atoms with Crippen LogP contribution in [0.3, 0.4) is 0 Å². The molecular weight excluding hydrogens is 252 g/mol. The summed E-state index contributed by atoms with van der Waals surface area (Å²) in [4.78, 5) is 6.25. The molecule has 2 N–H and O–H groups in total. The van der Waals surface area contributed by atoms with Gasteiger partial charge in [0, 0.05) is 4.88 Å². The molecule has 1 atom stereocenters. The monoisotopic (exact) mass is 272 g/mol. The minimum absolute atomic E-state index is 0.0736. The maximum Gasteiger partial charge on any atom is 0.114 e. The third-order valence-electron chi connectivity index (χ3n) is 4.11. The Hall–Kier alpha value is -1.19. The van der Waals surface area contributed by atoms with E-state index in [0.29, 0.717) is 0 Å². The minimum Gasteiger partial charge on any atom is -0.318 e. The van der Waals surface area contributed by atoms with E-state index >= 15 is 0 Å². The summed E-state index contributed by atoms with van der Waals surface area (Å²) < 4.78 is 0. The van der Waals surface area contributed by atoms with Crippen molar-refractivity contribution >= 4 is 11.3 Å². The van der Waals surface area contributed by atoms with Crippen LogP contribution in [0.25, 0.3) is 0 Å². The summed E-state index contributed by atoms with van der Waals surface area (Å²) in [5.74, 6) is 0. The highest BCUT2D eigenvalue weighted by Gasteiger charge is 2.20. The van der Waals surface area contributed by atoms with Crippen LogP contribution in [0.4, 0.5) is 0 Å². The van der Waals surface area contributed by atoms with E-state index in [9.17, 15) is 0 Å². The third-order valence-corrected chi connectivity index (χ3v) is 5.35. The molecule has 3 rings (SSSR count). The molecule has 0 fully saturated rings. The highest BCUT2D eigenvalue weighted by atomic mass is 32.1. The molecule has 0 radical (unpaired) electrons. The Labute approximate surface area is 118 Å². The Morgan fingerprint density at radius 2 is 2.00 bits per heavy atom.